The minimum atomic E-state index is -3.64. The normalized spacial score (nSPS) is 19.8. The zero-order valence-corrected chi connectivity index (χ0v) is 17.5. The summed E-state index contributed by atoms with van der Waals surface area (Å²) in [6, 6.07) is 13.7. The van der Waals surface area contributed by atoms with Gasteiger partial charge in [0, 0.05) is 18.7 Å². The van der Waals surface area contributed by atoms with Gasteiger partial charge in [-0.2, -0.15) is 0 Å². The van der Waals surface area contributed by atoms with Crippen molar-refractivity contribution in [3.63, 3.8) is 0 Å². The number of carbonyl (C=O) groups is 1. The van der Waals surface area contributed by atoms with Crippen molar-refractivity contribution >= 4 is 21.6 Å². The number of benzene rings is 2. The molecule has 0 spiro atoms. The van der Waals surface area contributed by atoms with E-state index in [1.165, 1.54) is 17.8 Å². The fourth-order valence-corrected chi connectivity index (χ4v) is 4.81. The Balaban J connectivity index is 1.72. The Morgan fingerprint density at radius 3 is 2.21 bits per heavy atom. The van der Waals surface area contributed by atoms with Crippen LogP contribution < -0.4 is 9.62 Å². The number of rotatable bonds is 5. The first-order chi connectivity index (χ1) is 13.3. The standard InChI is InChI=1S/C22H28N2O3S/c1-16-8-14-20(15-9-16)28(26,27)24(3)19-12-10-18(11-13-19)22(25)23-21-7-5-4-6-17(21)2/h8-15,17,21H,4-7H2,1-3H3,(H,23,25). The summed E-state index contributed by atoms with van der Waals surface area (Å²) < 4.78 is 26.9. The van der Waals surface area contributed by atoms with Crippen LogP contribution in [0.25, 0.3) is 0 Å². The van der Waals surface area contributed by atoms with Crippen molar-refractivity contribution in [1.82, 2.24) is 5.32 Å². The minimum absolute atomic E-state index is 0.102. The highest BCUT2D eigenvalue weighted by Crippen LogP contribution is 2.25. The maximum atomic E-state index is 12.8. The predicted octanol–water partition coefficient (Wildman–Crippen LogP) is 4.13. The molecule has 2 aromatic carbocycles. The summed E-state index contributed by atoms with van der Waals surface area (Å²) in [7, 11) is -2.12. The number of hydrogen-bond acceptors (Lipinski definition) is 3. The number of nitrogens with one attached hydrogen (secondary N) is 1. The van der Waals surface area contributed by atoms with Gasteiger partial charge in [0.15, 0.2) is 0 Å². The van der Waals surface area contributed by atoms with Gasteiger partial charge in [-0.15, -0.1) is 0 Å². The third kappa shape index (κ3) is 4.38. The van der Waals surface area contributed by atoms with Gasteiger partial charge in [-0.3, -0.25) is 9.10 Å². The van der Waals surface area contributed by atoms with Crippen LogP contribution in [0.5, 0.6) is 0 Å². The molecular formula is C22H28N2O3S. The number of anilines is 1. The zero-order valence-electron chi connectivity index (χ0n) is 16.7. The third-order valence-corrected chi connectivity index (χ3v) is 7.40. The van der Waals surface area contributed by atoms with Crippen LogP contribution in [-0.4, -0.2) is 27.4 Å². The Morgan fingerprint density at radius 2 is 1.61 bits per heavy atom. The van der Waals surface area contributed by atoms with Crippen LogP contribution in [-0.2, 0) is 10.0 Å². The van der Waals surface area contributed by atoms with Gasteiger partial charge in [-0.25, -0.2) is 8.42 Å². The molecule has 1 N–H and O–H groups in total. The number of hydrogen-bond donors (Lipinski definition) is 1. The zero-order chi connectivity index (χ0) is 20.3. The molecule has 0 radical (unpaired) electrons. The van der Waals surface area contributed by atoms with Gasteiger partial charge in [0.2, 0.25) is 0 Å². The number of amides is 1. The van der Waals surface area contributed by atoms with E-state index in [0.29, 0.717) is 17.2 Å². The molecule has 6 heteroatoms. The molecule has 1 fully saturated rings. The highest BCUT2D eigenvalue weighted by Gasteiger charge is 2.24. The average molecular weight is 401 g/mol. The molecule has 150 valence electrons. The molecule has 0 heterocycles. The molecule has 1 aliphatic rings. The van der Waals surface area contributed by atoms with Crippen molar-refractivity contribution in [2.45, 2.75) is 50.5 Å². The van der Waals surface area contributed by atoms with Gasteiger partial charge in [0.1, 0.15) is 0 Å². The summed E-state index contributed by atoms with van der Waals surface area (Å²) in [6.07, 6.45) is 4.54. The molecule has 1 amide bonds. The van der Waals surface area contributed by atoms with Gasteiger partial charge < -0.3 is 5.32 Å². The summed E-state index contributed by atoms with van der Waals surface area (Å²) in [4.78, 5) is 12.8. The lowest BCUT2D eigenvalue weighted by Gasteiger charge is -2.29. The summed E-state index contributed by atoms with van der Waals surface area (Å²) in [5.74, 6) is 0.386. The van der Waals surface area contributed by atoms with E-state index >= 15 is 0 Å². The second-order valence-electron chi connectivity index (χ2n) is 7.67. The maximum Gasteiger partial charge on any atom is 0.264 e. The van der Waals surface area contributed by atoms with E-state index in [2.05, 4.69) is 12.2 Å². The van der Waals surface area contributed by atoms with Gasteiger partial charge in [-0.05, 0) is 62.1 Å². The molecule has 0 aromatic heterocycles. The van der Waals surface area contributed by atoms with Crippen molar-refractivity contribution in [3.8, 4) is 0 Å². The Hall–Kier alpha value is -2.34. The summed E-state index contributed by atoms with van der Waals surface area (Å²) >= 11 is 0. The number of sulfonamides is 1. The molecular weight excluding hydrogens is 372 g/mol. The quantitative estimate of drug-likeness (QED) is 0.821. The van der Waals surface area contributed by atoms with E-state index in [9.17, 15) is 13.2 Å². The van der Waals surface area contributed by atoms with E-state index in [-0.39, 0.29) is 16.8 Å². The molecule has 3 rings (SSSR count). The van der Waals surface area contributed by atoms with E-state index in [0.717, 1.165) is 24.8 Å². The first-order valence-electron chi connectivity index (χ1n) is 9.75. The Morgan fingerprint density at radius 1 is 1.00 bits per heavy atom. The van der Waals surface area contributed by atoms with Crippen molar-refractivity contribution in [2.24, 2.45) is 5.92 Å². The molecule has 0 aliphatic heterocycles. The van der Waals surface area contributed by atoms with Crippen LogP contribution in [0.15, 0.2) is 53.4 Å². The molecule has 1 aliphatic carbocycles. The molecule has 0 saturated heterocycles. The van der Waals surface area contributed by atoms with Crippen LogP contribution in [0.1, 0.15) is 48.5 Å². The van der Waals surface area contributed by atoms with Crippen LogP contribution in [0.2, 0.25) is 0 Å². The topological polar surface area (TPSA) is 66.5 Å². The average Bonchev–Trinajstić information content (AvgIpc) is 2.69. The molecule has 1 saturated carbocycles. The van der Waals surface area contributed by atoms with Crippen molar-refractivity contribution in [3.05, 3.63) is 59.7 Å². The molecule has 28 heavy (non-hydrogen) atoms. The molecule has 2 atom stereocenters. The minimum Gasteiger partial charge on any atom is -0.349 e. The van der Waals surface area contributed by atoms with Crippen LogP contribution in [0.4, 0.5) is 5.69 Å². The van der Waals surface area contributed by atoms with Crippen molar-refractivity contribution in [1.29, 1.82) is 0 Å². The van der Waals surface area contributed by atoms with Gasteiger partial charge in [0.25, 0.3) is 15.9 Å². The van der Waals surface area contributed by atoms with E-state index in [1.54, 1.807) is 48.5 Å². The lowest BCUT2D eigenvalue weighted by Crippen LogP contribution is -2.41. The van der Waals surface area contributed by atoms with E-state index in [4.69, 9.17) is 0 Å². The van der Waals surface area contributed by atoms with Gasteiger partial charge >= 0.3 is 0 Å². The van der Waals surface area contributed by atoms with Crippen LogP contribution in [0, 0.1) is 12.8 Å². The highest BCUT2D eigenvalue weighted by atomic mass is 32.2. The first kappa shape index (κ1) is 20.4. The third-order valence-electron chi connectivity index (χ3n) is 5.60. The van der Waals surface area contributed by atoms with Crippen molar-refractivity contribution < 1.29 is 13.2 Å². The van der Waals surface area contributed by atoms with Gasteiger partial charge in [0.05, 0.1) is 10.6 Å². The largest absolute Gasteiger partial charge is 0.349 e. The lowest BCUT2D eigenvalue weighted by molar-refractivity contribution is 0.0910. The summed E-state index contributed by atoms with van der Waals surface area (Å²) in [5, 5.41) is 3.12. The van der Waals surface area contributed by atoms with E-state index < -0.39 is 10.0 Å². The number of carbonyl (C=O) groups excluding carboxylic acids is 1. The second-order valence-corrected chi connectivity index (χ2v) is 9.64. The number of aryl methyl sites for hydroxylation is 1. The van der Waals surface area contributed by atoms with Crippen molar-refractivity contribution in [2.75, 3.05) is 11.4 Å². The molecule has 0 bridgehead atoms. The Kier molecular flexibility index (Phi) is 6.08. The summed E-state index contributed by atoms with van der Waals surface area (Å²) in [6.45, 7) is 4.09. The number of nitrogens with zero attached hydrogens (tertiary/aromatic N) is 1. The summed E-state index contributed by atoms with van der Waals surface area (Å²) in [5.41, 5.74) is 2.06. The van der Waals surface area contributed by atoms with Crippen LogP contribution >= 0.6 is 0 Å². The maximum absolute atomic E-state index is 12.8. The van der Waals surface area contributed by atoms with Crippen LogP contribution in [0.3, 0.4) is 0 Å². The second kappa shape index (κ2) is 8.35. The highest BCUT2D eigenvalue weighted by molar-refractivity contribution is 7.92. The predicted molar refractivity (Wildman–Crippen MR) is 112 cm³/mol. The first-order valence-corrected chi connectivity index (χ1v) is 11.2. The Bertz CT molecular complexity index is 921. The molecule has 5 nitrogen and oxygen atoms in total. The fraction of sp³-hybridized carbons (Fsp3) is 0.409. The smallest absolute Gasteiger partial charge is 0.264 e. The molecule has 2 aromatic rings. The lowest BCUT2D eigenvalue weighted by atomic mass is 9.86. The SMILES string of the molecule is Cc1ccc(S(=O)(=O)N(C)c2ccc(C(=O)NC3CCCCC3C)cc2)cc1. The fourth-order valence-electron chi connectivity index (χ4n) is 3.61. The Labute approximate surface area is 167 Å². The van der Waals surface area contributed by atoms with Gasteiger partial charge in [-0.1, -0.05) is 37.5 Å². The molecule has 2 unspecified atom stereocenters. The monoisotopic (exact) mass is 400 g/mol. The van der Waals surface area contributed by atoms with E-state index in [1.807, 2.05) is 6.92 Å².